The van der Waals surface area contributed by atoms with E-state index in [0.29, 0.717) is 18.0 Å². The summed E-state index contributed by atoms with van der Waals surface area (Å²) in [6, 6.07) is 16.0. The third-order valence-corrected chi connectivity index (χ3v) is 6.66. The van der Waals surface area contributed by atoms with Crippen LogP contribution in [0.3, 0.4) is 0 Å². The second-order valence-corrected chi connectivity index (χ2v) is 8.74. The number of hydrogen-bond donors (Lipinski definition) is 2. The Morgan fingerprint density at radius 3 is 2.60 bits per heavy atom. The van der Waals surface area contributed by atoms with Crippen molar-refractivity contribution in [3.63, 3.8) is 0 Å². The first-order chi connectivity index (χ1) is 14.6. The van der Waals surface area contributed by atoms with E-state index in [4.69, 9.17) is 4.74 Å². The lowest BCUT2D eigenvalue weighted by Crippen LogP contribution is -2.15. The van der Waals surface area contributed by atoms with E-state index in [0.717, 1.165) is 29.8 Å². The number of ether oxygens (including phenoxy) is 1. The molecule has 0 spiro atoms. The van der Waals surface area contributed by atoms with Crippen LogP contribution in [0.2, 0.25) is 0 Å². The number of thiophene rings is 1. The average Bonchev–Trinajstić information content (AvgIpc) is 3.33. The quantitative estimate of drug-likeness (QED) is 0.552. The van der Waals surface area contributed by atoms with Gasteiger partial charge < -0.3 is 20.3 Å². The fourth-order valence-corrected chi connectivity index (χ4v) is 5.08. The molecule has 6 heteroatoms. The van der Waals surface area contributed by atoms with Crippen molar-refractivity contribution in [3.05, 3.63) is 70.1 Å². The summed E-state index contributed by atoms with van der Waals surface area (Å²) in [5.41, 5.74) is 5.02. The molecule has 1 amide bonds. The molecule has 4 rings (SSSR count). The van der Waals surface area contributed by atoms with Gasteiger partial charge in [0.2, 0.25) is 0 Å². The predicted molar refractivity (Wildman–Crippen MR) is 125 cm³/mol. The Kier molecular flexibility index (Phi) is 5.95. The normalized spacial score (nSPS) is 12.4. The topological polar surface area (TPSA) is 53.6 Å². The molecule has 156 valence electrons. The minimum Gasteiger partial charge on any atom is -0.495 e. The number of nitrogens with zero attached hydrogens (tertiary/aromatic N) is 1. The SMILES string of the molecule is COc1ccccc1NC(=O)c1c(NCc2ccc(N(C)C)cc2)sc2c1CCC2. The maximum atomic E-state index is 13.2. The zero-order valence-corrected chi connectivity index (χ0v) is 18.4. The molecule has 0 saturated carbocycles. The number of rotatable bonds is 7. The van der Waals surface area contributed by atoms with Crippen LogP contribution in [0, 0.1) is 0 Å². The van der Waals surface area contributed by atoms with E-state index < -0.39 is 0 Å². The highest BCUT2D eigenvalue weighted by molar-refractivity contribution is 7.16. The summed E-state index contributed by atoms with van der Waals surface area (Å²) in [6.45, 7) is 0.683. The molecule has 1 heterocycles. The molecule has 0 atom stereocenters. The molecule has 2 aromatic carbocycles. The second-order valence-electron chi connectivity index (χ2n) is 7.63. The molecule has 1 aliphatic carbocycles. The maximum Gasteiger partial charge on any atom is 0.259 e. The smallest absolute Gasteiger partial charge is 0.259 e. The summed E-state index contributed by atoms with van der Waals surface area (Å²) in [7, 11) is 5.68. The molecule has 0 radical (unpaired) electrons. The van der Waals surface area contributed by atoms with Gasteiger partial charge in [0.05, 0.1) is 18.4 Å². The molecule has 2 N–H and O–H groups in total. The van der Waals surface area contributed by atoms with Gasteiger partial charge in [0.15, 0.2) is 0 Å². The van der Waals surface area contributed by atoms with Crippen molar-refractivity contribution in [2.75, 3.05) is 36.7 Å². The van der Waals surface area contributed by atoms with Crippen molar-refractivity contribution < 1.29 is 9.53 Å². The van der Waals surface area contributed by atoms with Crippen molar-refractivity contribution in [1.82, 2.24) is 0 Å². The van der Waals surface area contributed by atoms with Crippen molar-refractivity contribution in [2.45, 2.75) is 25.8 Å². The molecular weight excluding hydrogens is 394 g/mol. The van der Waals surface area contributed by atoms with Gasteiger partial charge in [-0.05, 0) is 54.7 Å². The number of aryl methyl sites for hydroxylation is 1. The molecule has 1 aromatic heterocycles. The van der Waals surface area contributed by atoms with Crippen LogP contribution in [0.1, 0.15) is 32.8 Å². The van der Waals surface area contributed by atoms with Gasteiger partial charge in [0.1, 0.15) is 10.8 Å². The highest BCUT2D eigenvalue weighted by Crippen LogP contribution is 2.40. The maximum absolute atomic E-state index is 13.2. The highest BCUT2D eigenvalue weighted by atomic mass is 32.1. The fourth-order valence-electron chi connectivity index (χ4n) is 3.80. The summed E-state index contributed by atoms with van der Waals surface area (Å²) in [4.78, 5) is 16.7. The molecule has 5 nitrogen and oxygen atoms in total. The third kappa shape index (κ3) is 4.14. The summed E-state index contributed by atoms with van der Waals surface area (Å²) < 4.78 is 5.39. The summed E-state index contributed by atoms with van der Waals surface area (Å²) >= 11 is 1.71. The van der Waals surface area contributed by atoms with Crippen molar-refractivity contribution >= 4 is 33.6 Å². The molecule has 30 heavy (non-hydrogen) atoms. The molecule has 0 fully saturated rings. The number of para-hydroxylation sites is 2. The van der Waals surface area contributed by atoms with Crippen LogP contribution in [-0.2, 0) is 19.4 Å². The van der Waals surface area contributed by atoms with Gasteiger partial charge in [-0.25, -0.2) is 0 Å². The zero-order valence-electron chi connectivity index (χ0n) is 17.6. The number of nitrogens with one attached hydrogen (secondary N) is 2. The van der Waals surface area contributed by atoms with E-state index in [1.165, 1.54) is 21.7 Å². The van der Waals surface area contributed by atoms with Gasteiger partial charge in [0.25, 0.3) is 5.91 Å². The van der Waals surface area contributed by atoms with Gasteiger partial charge in [-0.2, -0.15) is 0 Å². The molecule has 0 unspecified atom stereocenters. The molecule has 1 aliphatic rings. The van der Waals surface area contributed by atoms with Gasteiger partial charge in [0, 0.05) is 31.2 Å². The Morgan fingerprint density at radius 2 is 1.87 bits per heavy atom. The summed E-state index contributed by atoms with van der Waals surface area (Å²) in [5.74, 6) is 0.581. The Bertz CT molecular complexity index is 1040. The number of carbonyl (C=O) groups excluding carboxylic acids is 1. The largest absolute Gasteiger partial charge is 0.495 e. The van der Waals surface area contributed by atoms with Gasteiger partial charge in [-0.1, -0.05) is 24.3 Å². The van der Waals surface area contributed by atoms with Crippen LogP contribution in [0.4, 0.5) is 16.4 Å². The van der Waals surface area contributed by atoms with Gasteiger partial charge in [-0.15, -0.1) is 11.3 Å². The zero-order chi connectivity index (χ0) is 21.1. The number of carbonyl (C=O) groups is 1. The number of benzene rings is 2. The number of fused-ring (bicyclic) bond motifs is 1. The minimum atomic E-state index is -0.0793. The number of hydrogen-bond acceptors (Lipinski definition) is 5. The van der Waals surface area contributed by atoms with Crippen molar-refractivity contribution in [3.8, 4) is 5.75 Å². The Hall–Kier alpha value is -2.99. The first-order valence-corrected chi connectivity index (χ1v) is 11.0. The number of amides is 1. The van der Waals surface area contributed by atoms with E-state index in [9.17, 15) is 4.79 Å². The Balaban J connectivity index is 1.55. The van der Waals surface area contributed by atoms with E-state index in [1.54, 1.807) is 18.4 Å². The standard InChI is InChI=1S/C24H27N3O2S/c1-27(2)17-13-11-16(12-14-17)15-25-24-22(18-7-6-10-21(18)30-24)23(28)26-19-8-4-5-9-20(19)29-3/h4-5,8-9,11-14,25H,6-7,10,15H2,1-3H3,(H,26,28). The molecule has 0 bridgehead atoms. The Labute approximate surface area is 181 Å². The number of methoxy groups -OCH3 is 1. The summed E-state index contributed by atoms with van der Waals surface area (Å²) in [6.07, 6.45) is 3.12. The van der Waals surface area contributed by atoms with Crippen molar-refractivity contribution in [1.29, 1.82) is 0 Å². The third-order valence-electron chi connectivity index (χ3n) is 5.41. The van der Waals surface area contributed by atoms with Gasteiger partial charge >= 0.3 is 0 Å². The van der Waals surface area contributed by atoms with Crippen LogP contribution in [0.25, 0.3) is 0 Å². The van der Waals surface area contributed by atoms with E-state index in [2.05, 4.69) is 39.8 Å². The van der Waals surface area contributed by atoms with E-state index >= 15 is 0 Å². The monoisotopic (exact) mass is 421 g/mol. The van der Waals surface area contributed by atoms with Crippen LogP contribution in [0.15, 0.2) is 48.5 Å². The first-order valence-electron chi connectivity index (χ1n) is 10.2. The number of anilines is 3. The van der Waals surface area contributed by atoms with Crippen LogP contribution in [-0.4, -0.2) is 27.1 Å². The molecular formula is C24H27N3O2S. The molecule has 0 aliphatic heterocycles. The summed E-state index contributed by atoms with van der Waals surface area (Å²) in [5, 5.41) is 7.51. The minimum absolute atomic E-state index is 0.0793. The molecule has 0 saturated heterocycles. The van der Waals surface area contributed by atoms with E-state index in [1.807, 2.05) is 38.4 Å². The first kappa shape index (κ1) is 20.3. The predicted octanol–water partition coefficient (Wildman–Crippen LogP) is 5.18. The lowest BCUT2D eigenvalue weighted by Gasteiger charge is -2.14. The average molecular weight is 422 g/mol. The van der Waals surface area contributed by atoms with Crippen LogP contribution in [0.5, 0.6) is 5.75 Å². The van der Waals surface area contributed by atoms with Gasteiger partial charge in [-0.3, -0.25) is 4.79 Å². The Morgan fingerprint density at radius 1 is 1.10 bits per heavy atom. The molecule has 3 aromatic rings. The van der Waals surface area contributed by atoms with Crippen molar-refractivity contribution in [2.24, 2.45) is 0 Å². The second kappa shape index (κ2) is 8.79. The van der Waals surface area contributed by atoms with E-state index in [-0.39, 0.29) is 5.91 Å². The lowest BCUT2D eigenvalue weighted by atomic mass is 10.1. The fraction of sp³-hybridized carbons (Fsp3) is 0.292. The lowest BCUT2D eigenvalue weighted by molar-refractivity contribution is 0.102. The highest BCUT2D eigenvalue weighted by Gasteiger charge is 2.27. The van der Waals surface area contributed by atoms with Crippen LogP contribution >= 0.6 is 11.3 Å². The van der Waals surface area contributed by atoms with Crippen LogP contribution < -0.4 is 20.3 Å².